The van der Waals surface area contributed by atoms with Gasteiger partial charge in [0.1, 0.15) is 4.60 Å². The highest BCUT2D eigenvalue weighted by molar-refractivity contribution is 9.10. The van der Waals surface area contributed by atoms with Crippen LogP contribution in [0.25, 0.3) is 0 Å². The molecule has 0 amide bonds. The minimum Gasteiger partial charge on any atom is -0.281 e. The van der Waals surface area contributed by atoms with E-state index < -0.39 is 0 Å². The van der Waals surface area contributed by atoms with E-state index in [2.05, 4.69) is 32.2 Å². The second-order valence-corrected chi connectivity index (χ2v) is 4.65. The Kier molecular flexibility index (Phi) is 3.04. The van der Waals surface area contributed by atoms with E-state index in [1.165, 1.54) is 44.2 Å². The number of halogens is 1. The van der Waals surface area contributed by atoms with Crippen LogP contribution in [0, 0.1) is 0 Å². The van der Waals surface area contributed by atoms with Gasteiger partial charge in [-0.25, -0.2) is 0 Å². The molecule has 1 saturated carbocycles. The Morgan fingerprint density at radius 1 is 1.23 bits per heavy atom. The van der Waals surface area contributed by atoms with Crippen LogP contribution in [0.3, 0.4) is 0 Å². The van der Waals surface area contributed by atoms with Gasteiger partial charge in [-0.15, -0.1) is 0 Å². The standard InChI is InChI=1S/C10H15BrN2/c11-10-7-9(12-13-10)8-5-3-1-2-4-6-8/h7-8H,1-6H2,(H,12,13). The molecule has 1 heterocycles. The summed E-state index contributed by atoms with van der Waals surface area (Å²) >= 11 is 3.38. The minimum absolute atomic E-state index is 0.723. The lowest BCUT2D eigenvalue weighted by atomic mass is 9.97. The first-order chi connectivity index (χ1) is 6.36. The Morgan fingerprint density at radius 3 is 2.46 bits per heavy atom. The van der Waals surface area contributed by atoms with Crippen LogP contribution in [0.15, 0.2) is 10.7 Å². The lowest BCUT2D eigenvalue weighted by Gasteiger charge is -2.10. The van der Waals surface area contributed by atoms with E-state index >= 15 is 0 Å². The third-order valence-corrected chi connectivity index (χ3v) is 3.27. The monoisotopic (exact) mass is 242 g/mol. The molecule has 0 bridgehead atoms. The summed E-state index contributed by atoms with van der Waals surface area (Å²) in [6.45, 7) is 0. The largest absolute Gasteiger partial charge is 0.281 e. The maximum Gasteiger partial charge on any atom is 0.128 e. The van der Waals surface area contributed by atoms with Crippen LogP contribution < -0.4 is 0 Å². The van der Waals surface area contributed by atoms with Crippen molar-refractivity contribution in [3.05, 3.63) is 16.4 Å². The fourth-order valence-corrected chi connectivity index (χ4v) is 2.45. The van der Waals surface area contributed by atoms with Gasteiger partial charge in [-0.1, -0.05) is 25.7 Å². The van der Waals surface area contributed by atoms with Gasteiger partial charge in [0, 0.05) is 11.6 Å². The number of nitrogens with one attached hydrogen (secondary N) is 1. The number of nitrogens with zero attached hydrogens (tertiary/aromatic N) is 1. The van der Waals surface area contributed by atoms with Gasteiger partial charge in [-0.3, -0.25) is 5.10 Å². The predicted octanol–water partition coefficient (Wildman–Crippen LogP) is 3.61. The molecule has 2 rings (SSSR count). The number of aromatic amines is 1. The van der Waals surface area contributed by atoms with Crippen molar-refractivity contribution in [1.82, 2.24) is 10.2 Å². The molecule has 1 aromatic heterocycles. The molecule has 2 nitrogen and oxygen atoms in total. The maximum absolute atomic E-state index is 4.11. The molecule has 0 spiro atoms. The number of hydrogen-bond donors (Lipinski definition) is 1. The van der Waals surface area contributed by atoms with Gasteiger partial charge in [0.2, 0.25) is 0 Å². The molecule has 1 aliphatic carbocycles. The highest BCUT2D eigenvalue weighted by Gasteiger charge is 2.15. The molecule has 0 saturated heterocycles. The SMILES string of the molecule is Brc1cc(C2CCCCCC2)[nH]n1. The smallest absolute Gasteiger partial charge is 0.128 e. The van der Waals surface area contributed by atoms with E-state index in [1.807, 2.05) is 0 Å². The van der Waals surface area contributed by atoms with Crippen molar-refractivity contribution in [3.8, 4) is 0 Å². The second kappa shape index (κ2) is 4.27. The number of rotatable bonds is 1. The first-order valence-electron chi connectivity index (χ1n) is 5.07. The molecule has 0 aliphatic heterocycles. The van der Waals surface area contributed by atoms with Crippen LogP contribution in [-0.4, -0.2) is 10.2 Å². The Balaban J connectivity index is 2.06. The van der Waals surface area contributed by atoms with Gasteiger partial charge < -0.3 is 0 Å². The summed E-state index contributed by atoms with van der Waals surface area (Å²) in [4.78, 5) is 0. The normalized spacial score (nSPS) is 20.1. The molecular weight excluding hydrogens is 228 g/mol. The van der Waals surface area contributed by atoms with Gasteiger partial charge >= 0.3 is 0 Å². The molecule has 1 fully saturated rings. The molecule has 13 heavy (non-hydrogen) atoms. The van der Waals surface area contributed by atoms with Crippen LogP contribution in [0.5, 0.6) is 0 Å². The molecule has 72 valence electrons. The van der Waals surface area contributed by atoms with Crippen molar-refractivity contribution in [1.29, 1.82) is 0 Å². The molecule has 0 atom stereocenters. The van der Waals surface area contributed by atoms with E-state index in [4.69, 9.17) is 0 Å². The molecule has 0 radical (unpaired) electrons. The zero-order valence-electron chi connectivity index (χ0n) is 7.72. The van der Waals surface area contributed by atoms with E-state index in [0.717, 1.165) is 10.5 Å². The van der Waals surface area contributed by atoms with E-state index in [-0.39, 0.29) is 0 Å². The van der Waals surface area contributed by atoms with Crippen molar-refractivity contribution in [3.63, 3.8) is 0 Å². The highest BCUT2D eigenvalue weighted by atomic mass is 79.9. The number of hydrogen-bond acceptors (Lipinski definition) is 1. The van der Waals surface area contributed by atoms with E-state index in [0.29, 0.717) is 0 Å². The number of aromatic nitrogens is 2. The van der Waals surface area contributed by atoms with Crippen molar-refractivity contribution >= 4 is 15.9 Å². The fraction of sp³-hybridized carbons (Fsp3) is 0.700. The molecule has 3 heteroatoms. The van der Waals surface area contributed by atoms with Crippen molar-refractivity contribution < 1.29 is 0 Å². The lowest BCUT2D eigenvalue weighted by Crippen LogP contribution is -1.97. The molecule has 0 unspecified atom stereocenters. The Labute approximate surface area is 87.2 Å². The molecule has 1 N–H and O–H groups in total. The van der Waals surface area contributed by atoms with Crippen LogP contribution in [-0.2, 0) is 0 Å². The summed E-state index contributed by atoms with van der Waals surface area (Å²) < 4.78 is 0.937. The molecular formula is C10H15BrN2. The number of H-pyrrole nitrogens is 1. The Morgan fingerprint density at radius 2 is 1.92 bits per heavy atom. The first kappa shape index (κ1) is 9.25. The maximum atomic E-state index is 4.11. The van der Waals surface area contributed by atoms with Crippen molar-refractivity contribution in [2.45, 2.75) is 44.4 Å². The van der Waals surface area contributed by atoms with Crippen LogP contribution in [0.4, 0.5) is 0 Å². The third-order valence-electron chi connectivity index (χ3n) is 2.86. The van der Waals surface area contributed by atoms with Crippen LogP contribution >= 0.6 is 15.9 Å². The van der Waals surface area contributed by atoms with Crippen molar-refractivity contribution in [2.24, 2.45) is 0 Å². The zero-order chi connectivity index (χ0) is 9.10. The van der Waals surface area contributed by atoms with Crippen molar-refractivity contribution in [2.75, 3.05) is 0 Å². The summed E-state index contributed by atoms with van der Waals surface area (Å²) in [5, 5.41) is 7.22. The minimum atomic E-state index is 0.723. The van der Waals surface area contributed by atoms with E-state index in [1.54, 1.807) is 0 Å². The van der Waals surface area contributed by atoms with Crippen LogP contribution in [0.2, 0.25) is 0 Å². The molecule has 0 aromatic carbocycles. The summed E-state index contributed by atoms with van der Waals surface area (Å²) in [7, 11) is 0. The highest BCUT2D eigenvalue weighted by Crippen LogP contribution is 2.31. The quantitative estimate of drug-likeness (QED) is 0.750. The van der Waals surface area contributed by atoms with Gasteiger partial charge in [-0.05, 0) is 34.8 Å². The Bertz CT molecular complexity index is 262. The summed E-state index contributed by atoms with van der Waals surface area (Å²) in [5.41, 5.74) is 1.31. The van der Waals surface area contributed by atoms with Gasteiger partial charge in [0.15, 0.2) is 0 Å². The average molecular weight is 243 g/mol. The van der Waals surface area contributed by atoms with Crippen LogP contribution in [0.1, 0.15) is 50.1 Å². The fourth-order valence-electron chi connectivity index (χ4n) is 2.11. The topological polar surface area (TPSA) is 28.7 Å². The van der Waals surface area contributed by atoms with Gasteiger partial charge in [0.05, 0.1) is 0 Å². The summed E-state index contributed by atoms with van der Waals surface area (Å²) in [6.07, 6.45) is 8.23. The molecule has 1 aromatic rings. The average Bonchev–Trinajstić information content (AvgIpc) is 2.43. The predicted molar refractivity (Wildman–Crippen MR) is 56.7 cm³/mol. The second-order valence-electron chi connectivity index (χ2n) is 3.83. The van der Waals surface area contributed by atoms with Gasteiger partial charge in [0.25, 0.3) is 0 Å². The first-order valence-corrected chi connectivity index (χ1v) is 5.86. The molecule has 1 aliphatic rings. The summed E-state index contributed by atoms with van der Waals surface area (Å²) in [5.74, 6) is 0.723. The zero-order valence-corrected chi connectivity index (χ0v) is 9.31. The van der Waals surface area contributed by atoms with Gasteiger partial charge in [-0.2, -0.15) is 5.10 Å². The summed E-state index contributed by atoms with van der Waals surface area (Å²) in [6, 6.07) is 2.12. The lowest BCUT2D eigenvalue weighted by molar-refractivity contribution is 0.576. The third kappa shape index (κ3) is 2.33. The Hall–Kier alpha value is -0.310. The van der Waals surface area contributed by atoms with E-state index in [9.17, 15) is 0 Å².